The fourth-order valence-electron chi connectivity index (χ4n) is 2.96. The lowest BCUT2D eigenvalue weighted by molar-refractivity contribution is 0.534. The van der Waals surface area contributed by atoms with E-state index in [2.05, 4.69) is 13.8 Å². The summed E-state index contributed by atoms with van der Waals surface area (Å²) in [5.41, 5.74) is 7.66. The number of nitrogens with zero attached hydrogens (tertiary/aromatic N) is 1. The van der Waals surface area contributed by atoms with Crippen molar-refractivity contribution in [2.45, 2.75) is 90.5 Å². The lowest BCUT2D eigenvalue weighted by Crippen LogP contribution is -2.24. The van der Waals surface area contributed by atoms with Crippen LogP contribution in [0.2, 0.25) is 0 Å². The Labute approximate surface area is 148 Å². The summed E-state index contributed by atoms with van der Waals surface area (Å²) in [5, 5.41) is 0. The second-order valence-corrected chi connectivity index (χ2v) is 7.05. The van der Waals surface area contributed by atoms with Crippen molar-refractivity contribution in [3.05, 3.63) is 24.3 Å². The maximum absolute atomic E-state index is 6.44. The molecule has 0 radical (unpaired) electrons. The number of nitrogens with two attached hydrogens (primary N) is 1. The molecule has 132 valence electrons. The molecule has 0 heterocycles. The van der Waals surface area contributed by atoms with Gasteiger partial charge in [-0.25, -0.2) is 0 Å². The van der Waals surface area contributed by atoms with Crippen LogP contribution in [-0.4, -0.2) is 6.04 Å². The van der Waals surface area contributed by atoms with Gasteiger partial charge < -0.3 is 5.73 Å². The molecule has 1 rings (SSSR count). The molecule has 2 nitrogen and oxygen atoms in total. The van der Waals surface area contributed by atoms with Crippen LogP contribution in [0.15, 0.2) is 24.3 Å². The molecule has 1 atom stereocenters. The van der Waals surface area contributed by atoms with E-state index in [0.717, 1.165) is 17.8 Å². The molecular formula is C20H35ClN2. The molecule has 0 amide bonds. The summed E-state index contributed by atoms with van der Waals surface area (Å²) < 4.78 is 1.79. The van der Waals surface area contributed by atoms with Gasteiger partial charge in [-0.1, -0.05) is 83.3 Å². The normalized spacial score (nSPS) is 12.3. The lowest BCUT2D eigenvalue weighted by Gasteiger charge is -2.24. The van der Waals surface area contributed by atoms with Gasteiger partial charge in [-0.2, -0.15) is 0 Å². The van der Waals surface area contributed by atoms with Crippen molar-refractivity contribution < 1.29 is 0 Å². The van der Waals surface area contributed by atoms with Crippen molar-refractivity contribution in [3.8, 4) is 0 Å². The summed E-state index contributed by atoms with van der Waals surface area (Å²) >= 11 is 6.44. The Morgan fingerprint density at radius 1 is 0.913 bits per heavy atom. The van der Waals surface area contributed by atoms with Gasteiger partial charge in [-0.15, -0.1) is 0 Å². The highest BCUT2D eigenvalue weighted by molar-refractivity contribution is 6.26. The van der Waals surface area contributed by atoms with Gasteiger partial charge in [0.2, 0.25) is 0 Å². The first-order valence-electron chi connectivity index (χ1n) is 9.46. The van der Waals surface area contributed by atoms with Crippen molar-refractivity contribution in [2.24, 2.45) is 0 Å². The zero-order valence-corrected chi connectivity index (χ0v) is 15.8. The van der Waals surface area contributed by atoms with Gasteiger partial charge in [0.25, 0.3) is 0 Å². The van der Waals surface area contributed by atoms with Crippen LogP contribution in [0.25, 0.3) is 0 Å². The van der Waals surface area contributed by atoms with Crippen LogP contribution in [0.5, 0.6) is 0 Å². The van der Waals surface area contributed by atoms with Crippen molar-refractivity contribution in [2.75, 3.05) is 10.2 Å². The molecule has 0 fully saturated rings. The number of anilines is 2. The van der Waals surface area contributed by atoms with Gasteiger partial charge in [0.05, 0.1) is 11.4 Å². The number of benzene rings is 1. The molecule has 0 saturated heterocycles. The number of para-hydroxylation sites is 2. The van der Waals surface area contributed by atoms with E-state index >= 15 is 0 Å². The highest BCUT2D eigenvalue weighted by atomic mass is 35.5. The van der Waals surface area contributed by atoms with Crippen molar-refractivity contribution in [3.63, 3.8) is 0 Å². The predicted octanol–water partition coefficient (Wildman–Crippen LogP) is 6.93. The highest BCUT2D eigenvalue weighted by Gasteiger charge is 2.13. The first kappa shape index (κ1) is 20.2. The third kappa shape index (κ3) is 8.50. The second-order valence-electron chi connectivity index (χ2n) is 6.69. The van der Waals surface area contributed by atoms with Crippen LogP contribution in [0, 0.1) is 0 Å². The molecule has 0 aliphatic carbocycles. The highest BCUT2D eigenvalue weighted by Crippen LogP contribution is 2.28. The van der Waals surface area contributed by atoms with Gasteiger partial charge in [-0.3, -0.25) is 4.42 Å². The molecule has 0 bridgehead atoms. The lowest BCUT2D eigenvalue weighted by atomic mass is 10.0. The SMILES string of the molecule is CCCCCCCCCCCCC(C)N(Cl)c1ccccc1N. The fourth-order valence-corrected chi connectivity index (χ4v) is 3.21. The average Bonchev–Trinajstić information content (AvgIpc) is 2.56. The number of hydrogen-bond acceptors (Lipinski definition) is 2. The molecule has 0 spiro atoms. The number of nitrogen functional groups attached to an aromatic ring is 1. The summed E-state index contributed by atoms with van der Waals surface area (Å²) in [4.78, 5) is 0. The van der Waals surface area contributed by atoms with E-state index in [1.165, 1.54) is 64.2 Å². The third-order valence-electron chi connectivity index (χ3n) is 4.53. The first-order chi connectivity index (χ1) is 11.2. The third-order valence-corrected chi connectivity index (χ3v) is 5.04. The molecule has 23 heavy (non-hydrogen) atoms. The topological polar surface area (TPSA) is 29.3 Å². The van der Waals surface area contributed by atoms with E-state index in [9.17, 15) is 0 Å². The van der Waals surface area contributed by atoms with Crippen LogP contribution in [-0.2, 0) is 0 Å². The Kier molecular flexibility index (Phi) is 11.0. The largest absolute Gasteiger partial charge is 0.397 e. The number of unbranched alkanes of at least 4 members (excludes halogenated alkanes) is 9. The molecule has 1 aromatic rings. The van der Waals surface area contributed by atoms with E-state index in [1.54, 1.807) is 4.42 Å². The summed E-state index contributed by atoms with van der Waals surface area (Å²) in [6.45, 7) is 4.45. The molecule has 3 heteroatoms. The maximum Gasteiger partial charge on any atom is 0.0755 e. The molecule has 1 unspecified atom stereocenters. The van der Waals surface area contributed by atoms with Gasteiger partial charge in [0.1, 0.15) is 0 Å². The Morgan fingerprint density at radius 2 is 1.43 bits per heavy atom. The van der Waals surface area contributed by atoms with Crippen LogP contribution in [0.4, 0.5) is 11.4 Å². The average molecular weight is 339 g/mol. The van der Waals surface area contributed by atoms with Crippen molar-refractivity contribution in [1.82, 2.24) is 0 Å². The number of rotatable bonds is 13. The minimum atomic E-state index is 0.315. The Balaban J connectivity index is 2.06. The van der Waals surface area contributed by atoms with Gasteiger partial charge in [-0.05, 0) is 25.5 Å². The van der Waals surface area contributed by atoms with E-state index in [0.29, 0.717) is 6.04 Å². The Bertz CT molecular complexity index is 408. The quantitative estimate of drug-likeness (QED) is 0.240. The summed E-state index contributed by atoms with van der Waals surface area (Å²) in [6, 6.07) is 8.12. The van der Waals surface area contributed by atoms with Gasteiger partial charge >= 0.3 is 0 Å². The first-order valence-corrected chi connectivity index (χ1v) is 9.80. The number of halogens is 1. The van der Waals surface area contributed by atoms with Gasteiger partial charge in [0.15, 0.2) is 0 Å². The standard InChI is InChI=1S/C20H35ClN2/c1-3-4-5-6-7-8-9-10-11-12-15-18(2)23(21)20-17-14-13-16-19(20)22/h13-14,16-18H,3-12,15,22H2,1-2H3. The molecule has 0 aliphatic rings. The molecule has 2 N–H and O–H groups in total. The van der Waals surface area contributed by atoms with Crippen LogP contribution < -0.4 is 10.2 Å². The minimum absolute atomic E-state index is 0.315. The summed E-state index contributed by atoms with van der Waals surface area (Å²) in [6.07, 6.45) is 14.8. The monoisotopic (exact) mass is 338 g/mol. The van der Waals surface area contributed by atoms with E-state index in [1.807, 2.05) is 24.3 Å². The van der Waals surface area contributed by atoms with Gasteiger partial charge in [0, 0.05) is 17.8 Å². The van der Waals surface area contributed by atoms with Crippen LogP contribution in [0.1, 0.15) is 84.5 Å². The van der Waals surface area contributed by atoms with Crippen LogP contribution in [0.3, 0.4) is 0 Å². The predicted molar refractivity (Wildman–Crippen MR) is 105 cm³/mol. The second kappa shape index (κ2) is 12.5. The van der Waals surface area contributed by atoms with E-state index < -0.39 is 0 Å². The van der Waals surface area contributed by atoms with Crippen LogP contribution >= 0.6 is 11.8 Å². The number of hydrogen-bond donors (Lipinski definition) is 1. The Morgan fingerprint density at radius 3 is 2.00 bits per heavy atom. The molecule has 0 aliphatic heterocycles. The summed E-state index contributed by atoms with van der Waals surface area (Å²) in [7, 11) is 0. The summed E-state index contributed by atoms with van der Waals surface area (Å²) in [5.74, 6) is 0. The minimum Gasteiger partial charge on any atom is -0.397 e. The zero-order valence-electron chi connectivity index (χ0n) is 15.1. The smallest absolute Gasteiger partial charge is 0.0755 e. The van der Waals surface area contributed by atoms with E-state index in [4.69, 9.17) is 17.5 Å². The molecule has 0 aromatic heterocycles. The van der Waals surface area contributed by atoms with E-state index in [-0.39, 0.29) is 0 Å². The molecule has 1 aromatic carbocycles. The zero-order chi connectivity index (χ0) is 16.9. The Hall–Kier alpha value is -0.890. The fraction of sp³-hybridized carbons (Fsp3) is 0.700. The maximum atomic E-state index is 6.44. The van der Waals surface area contributed by atoms with Crippen molar-refractivity contribution in [1.29, 1.82) is 0 Å². The van der Waals surface area contributed by atoms with Crippen molar-refractivity contribution >= 4 is 23.2 Å². The molecular weight excluding hydrogens is 304 g/mol. The molecule has 0 saturated carbocycles.